The number of halogens is 1. The van der Waals surface area contributed by atoms with Gasteiger partial charge in [-0.05, 0) is 43.6 Å². The van der Waals surface area contributed by atoms with E-state index in [0.29, 0.717) is 18.5 Å². The summed E-state index contributed by atoms with van der Waals surface area (Å²) in [5.74, 6) is 0.988. The molecule has 1 aromatic rings. The van der Waals surface area contributed by atoms with Gasteiger partial charge in [0.2, 0.25) is 0 Å². The Kier molecular flexibility index (Phi) is 4.54. The highest BCUT2D eigenvalue weighted by Gasteiger charge is 2.32. The lowest BCUT2D eigenvalue weighted by molar-refractivity contribution is 0.0825. The minimum Gasteiger partial charge on any atom is -0.293 e. The maximum atomic E-state index is 12.9. The van der Waals surface area contributed by atoms with Crippen molar-refractivity contribution in [3.05, 3.63) is 18.0 Å². The second-order valence-corrected chi connectivity index (χ2v) is 8.38. The molecule has 2 saturated carbocycles. The Morgan fingerprint density at radius 2 is 2.14 bits per heavy atom. The van der Waals surface area contributed by atoms with Crippen LogP contribution in [0.5, 0.6) is 0 Å². The SMILES string of the molecule is CC1CC(N(CCS(=O)(=O)F)Cc2ccnn2CC2CC2)C1. The molecule has 2 aliphatic rings. The lowest BCUT2D eigenvalue weighted by Crippen LogP contribution is -2.45. The van der Waals surface area contributed by atoms with Crippen LogP contribution in [-0.4, -0.2) is 41.4 Å². The van der Waals surface area contributed by atoms with Crippen LogP contribution in [0.25, 0.3) is 0 Å². The van der Waals surface area contributed by atoms with E-state index >= 15 is 0 Å². The predicted octanol–water partition coefficient (Wildman–Crippen LogP) is 2.19. The zero-order valence-corrected chi connectivity index (χ0v) is 13.8. The van der Waals surface area contributed by atoms with Crippen LogP contribution in [0, 0.1) is 11.8 Å². The predicted molar refractivity (Wildman–Crippen MR) is 82.4 cm³/mol. The molecular weight excluding hydrogens is 305 g/mol. The second kappa shape index (κ2) is 6.28. The van der Waals surface area contributed by atoms with Gasteiger partial charge < -0.3 is 0 Å². The molecule has 0 N–H and O–H groups in total. The van der Waals surface area contributed by atoms with E-state index in [1.54, 1.807) is 6.20 Å². The second-order valence-electron chi connectivity index (χ2n) is 6.89. The Morgan fingerprint density at radius 1 is 1.41 bits per heavy atom. The monoisotopic (exact) mass is 329 g/mol. The number of aromatic nitrogens is 2. The molecule has 0 radical (unpaired) electrons. The molecule has 0 bridgehead atoms. The van der Waals surface area contributed by atoms with Crippen molar-refractivity contribution in [3.63, 3.8) is 0 Å². The topological polar surface area (TPSA) is 55.2 Å². The van der Waals surface area contributed by atoms with Gasteiger partial charge in [-0.15, -0.1) is 3.89 Å². The fraction of sp³-hybridized carbons (Fsp3) is 0.800. The van der Waals surface area contributed by atoms with E-state index in [4.69, 9.17) is 0 Å². The van der Waals surface area contributed by atoms with Crippen LogP contribution < -0.4 is 0 Å². The normalized spacial score (nSPS) is 25.4. The van der Waals surface area contributed by atoms with E-state index in [1.165, 1.54) is 12.8 Å². The van der Waals surface area contributed by atoms with Crippen LogP contribution in [0.4, 0.5) is 3.89 Å². The van der Waals surface area contributed by atoms with Crippen LogP contribution >= 0.6 is 0 Å². The van der Waals surface area contributed by atoms with Crippen molar-refractivity contribution >= 4 is 10.2 Å². The molecule has 0 unspecified atom stereocenters. The van der Waals surface area contributed by atoms with Gasteiger partial charge in [0.05, 0.1) is 11.4 Å². The summed E-state index contributed by atoms with van der Waals surface area (Å²) < 4.78 is 36.6. The molecule has 0 saturated heterocycles. The zero-order valence-electron chi connectivity index (χ0n) is 13.0. The maximum absolute atomic E-state index is 12.9. The molecular formula is C15H24FN3O2S. The Balaban J connectivity index is 1.64. The smallest absolute Gasteiger partial charge is 0.293 e. The largest absolute Gasteiger partial charge is 0.303 e. The first-order valence-electron chi connectivity index (χ1n) is 8.08. The summed E-state index contributed by atoms with van der Waals surface area (Å²) in [5.41, 5.74) is 1.10. The first kappa shape index (κ1) is 15.9. The first-order chi connectivity index (χ1) is 10.4. The van der Waals surface area contributed by atoms with Crippen molar-refractivity contribution in [2.24, 2.45) is 11.8 Å². The summed E-state index contributed by atoms with van der Waals surface area (Å²) in [6, 6.07) is 2.35. The summed E-state index contributed by atoms with van der Waals surface area (Å²) in [5, 5.41) is 4.37. The number of nitrogens with zero attached hydrogens (tertiary/aromatic N) is 3. The Hall–Kier alpha value is -0.950. The average Bonchev–Trinajstić information content (AvgIpc) is 3.10. The third kappa shape index (κ3) is 4.29. The van der Waals surface area contributed by atoms with E-state index in [2.05, 4.69) is 16.9 Å². The molecule has 22 heavy (non-hydrogen) atoms. The molecule has 124 valence electrons. The molecule has 2 aliphatic carbocycles. The summed E-state index contributed by atoms with van der Waals surface area (Å²) in [6.45, 7) is 4.04. The van der Waals surface area contributed by atoms with Gasteiger partial charge in [0.1, 0.15) is 0 Å². The Bertz CT molecular complexity index is 606. The van der Waals surface area contributed by atoms with Gasteiger partial charge in [-0.3, -0.25) is 9.58 Å². The van der Waals surface area contributed by atoms with E-state index < -0.39 is 16.0 Å². The van der Waals surface area contributed by atoms with Gasteiger partial charge in [-0.2, -0.15) is 13.5 Å². The molecule has 7 heteroatoms. The van der Waals surface area contributed by atoms with Crippen LogP contribution in [0.2, 0.25) is 0 Å². The summed E-state index contributed by atoms with van der Waals surface area (Å²) in [4.78, 5) is 2.11. The van der Waals surface area contributed by atoms with Crippen molar-refractivity contribution in [1.82, 2.24) is 14.7 Å². The van der Waals surface area contributed by atoms with E-state index in [0.717, 1.165) is 31.0 Å². The van der Waals surface area contributed by atoms with Crippen LogP contribution in [0.1, 0.15) is 38.3 Å². The average molecular weight is 329 g/mol. The van der Waals surface area contributed by atoms with Crippen LogP contribution in [0.15, 0.2) is 12.3 Å². The Labute approximate surface area is 131 Å². The van der Waals surface area contributed by atoms with Gasteiger partial charge in [0.15, 0.2) is 0 Å². The van der Waals surface area contributed by atoms with Gasteiger partial charge in [0.25, 0.3) is 0 Å². The first-order valence-corrected chi connectivity index (χ1v) is 9.63. The highest BCUT2D eigenvalue weighted by molar-refractivity contribution is 7.86. The summed E-state index contributed by atoms with van der Waals surface area (Å²) in [6.07, 6.45) is 6.45. The third-order valence-corrected chi connectivity index (χ3v) is 5.46. The van der Waals surface area contributed by atoms with Crippen molar-refractivity contribution in [2.45, 2.75) is 51.7 Å². The quantitative estimate of drug-likeness (QED) is 0.686. The number of hydrogen-bond donors (Lipinski definition) is 0. The van der Waals surface area contributed by atoms with Gasteiger partial charge in [-0.1, -0.05) is 6.92 Å². The van der Waals surface area contributed by atoms with Crippen molar-refractivity contribution in [3.8, 4) is 0 Å². The fourth-order valence-corrected chi connectivity index (χ4v) is 3.64. The van der Waals surface area contributed by atoms with E-state index in [-0.39, 0.29) is 6.54 Å². The maximum Gasteiger partial charge on any atom is 0.303 e. The number of hydrogen-bond acceptors (Lipinski definition) is 4. The molecule has 0 aliphatic heterocycles. The molecule has 2 fully saturated rings. The highest BCUT2D eigenvalue weighted by Crippen LogP contribution is 2.33. The fourth-order valence-electron chi connectivity index (χ4n) is 3.19. The lowest BCUT2D eigenvalue weighted by Gasteiger charge is -2.41. The van der Waals surface area contributed by atoms with Crippen molar-refractivity contribution in [1.29, 1.82) is 0 Å². The minimum atomic E-state index is -4.41. The molecule has 1 heterocycles. The molecule has 3 rings (SSSR count). The molecule has 0 aromatic carbocycles. The standard InChI is InChI=1S/C15H24FN3O2S/c1-12-8-15(9-12)18(6-7-22(16,20)21)11-14-4-5-17-19(14)10-13-2-3-13/h4-5,12-13,15H,2-3,6-11H2,1H3. The van der Waals surface area contributed by atoms with Crippen LogP contribution in [-0.2, 0) is 23.3 Å². The third-order valence-electron chi connectivity index (χ3n) is 4.79. The highest BCUT2D eigenvalue weighted by atomic mass is 32.3. The van der Waals surface area contributed by atoms with Crippen molar-refractivity contribution in [2.75, 3.05) is 12.3 Å². The molecule has 0 spiro atoms. The summed E-state index contributed by atoms with van der Waals surface area (Å²) >= 11 is 0. The zero-order chi connectivity index (χ0) is 15.7. The minimum absolute atomic E-state index is 0.255. The van der Waals surface area contributed by atoms with Gasteiger partial charge in [-0.25, -0.2) is 0 Å². The van der Waals surface area contributed by atoms with Crippen molar-refractivity contribution < 1.29 is 12.3 Å². The number of rotatable bonds is 8. The Morgan fingerprint density at radius 3 is 2.73 bits per heavy atom. The molecule has 1 aromatic heterocycles. The molecule has 0 amide bonds. The molecule has 5 nitrogen and oxygen atoms in total. The van der Waals surface area contributed by atoms with Crippen LogP contribution in [0.3, 0.4) is 0 Å². The lowest BCUT2D eigenvalue weighted by atomic mass is 9.81. The summed E-state index contributed by atoms with van der Waals surface area (Å²) in [7, 11) is -4.41. The molecule has 0 atom stereocenters. The van der Waals surface area contributed by atoms with E-state index in [9.17, 15) is 12.3 Å². The van der Waals surface area contributed by atoms with Gasteiger partial charge >= 0.3 is 10.2 Å². The van der Waals surface area contributed by atoms with E-state index in [1.807, 2.05) is 10.7 Å². The van der Waals surface area contributed by atoms with Gasteiger partial charge in [0, 0.05) is 31.9 Å².